The molecular formula is C9H13N3O2. The number of carbonyl (C=O) groups excluding carboxylic acids is 1. The summed E-state index contributed by atoms with van der Waals surface area (Å²) >= 11 is 0. The number of nitrogens with zero attached hydrogens (tertiary/aromatic N) is 2. The highest BCUT2D eigenvalue weighted by molar-refractivity contribution is 5.95. The van der Waals surface area contributed by atoms with Crippen LogP contribution in [0.15, 0.2) is 0 Å². The topological polar surface area (TPSA) is 78.1 Å². The number of rotatable bonds is 2. The first kappa shape index (κ1) is 10.4. The predicted molar refractivity (Wildman–Crippen MR) is 51.9 cm³/mol. The van der Waals surface area contributed by atoms with Crippen LogP contribution in [0.25, 0.3) is 0 Å². The molecule has 0 bridgehead atoms. The van der Waals surface area contributed by atoms with Crippen molar-refractivity contribution in [3.05, 3.63) is 17.1 Å². The fraction of sp³-hybridized carbons (Fsp3) is 0.444. The minimum absolute atomic E-state index is 0.174. The molecule has 5 nitrogen and oxygen atoms in total. The van der Waals surface area contributed by atoms with E-state index in [1.54, 1.807) is 20.8 Å². The lowest BCUT2D eigenvalue weighted by Gasteiger charge is -2.07. The molecule has 5 heteroatoms. The molecule has 1 heterocycles. The van der Waals surface area contributed by atoms with Crippen molar-refractivity contribution in [3.63, 3.8) is 0 Å². The summed E-state index contributed by atoms with van der Waals surface area (Å²) in [5.41, 5.74) is 6.41. The second kappa shape index (κ2) is 4.04. The first-order valence-corrected chi connectivity index (χ1v) is 4.34. The van der Waals surface area contributed by atoms with Crippen LogP contribution in [0.2, 0.25) is 0 Å². The third kappa shape index (κ3) is 1.99. The predicted octanol–water partition coefficient (Wildman–Crippen LogP) is 0.852. The molecule has 0 spiro atoms. The van der Waals surface area contributed by atoms with Crippen LogP contribution >= 0.6 is 0 Å². The van der Waals surface area contributed by atoms with Crippen LogP contribution in [0.1, 0.15) is 28.8 Å². The number of nitrogen functional groups attached to an aromatic ring is 1. The second-order valence-corrected chi connectivity index (χ2v) is 2.84. The summed E-state index contributed by atoms with van der Waals surface area (Å²) in [7, 11) is 0. The van der Waals surface area contributed by atoms with Crippen LogP contribution in [0.3, 0.4) is 0 Å². The lowest BCUT2D eigenvalue weighted by molar-refractivity contribution is 0.0526. The Hall–Kier alpha value is -1.65. The molecule has 1 aromatic heterocycles. The van der Waals surface area contributed by atoms with E-state index in [1.165, 1.54) is 0 Å². The van der Waals surface area contributed by atoms with Gasteiger partial charge < -0.3 is 10.5 Å². The zero-order chi connectivity index (χ0) is 10.7. The summed E-state index contributed by atoms with van der Waals surface area (Å²) in [6, 6.07) is 0. The molecule has 0 unspecified atom stereocenters. The molecule has 0 radical (unpaired) electrons. The highest BCUT2D eigenvalue weighted by Gasteiger charge is 2.16. The summed E-state index contributed by atoms with van der Waals surface area (Å²) in [5, 5.41) is 0. The van der Waals surface area contributed by atoms with Gasteiger partial charge in [-0.15, -0.1) is 0 Å². The lowest BCUT2D eigenvalue weighted by Crippen LogP contribution is -2.13. The van der Waals surface area contributed by atoms with Gasteiger partial charge in [-0.2, -0.15) is 0 Å². The summed E-state index contributed by atoms with van der Waals surface area (Å²) in [6.07, 6.45) is 0. The zero-order valence-electron chi connectivity index (χ0n) is 8.50. The number of hydrogen-bond donors (Lipinski definition) is 1. The van der Waals surface area contributed by atoms with E-state index < -0.39 is 5.97 Å². The van der Waals surface area contributed by atoms with Crippen LogP contribution in [-0.4, -0.2) is 22.5 Å². The van der Waals surface area contributed by atoms with Crippen LogP contribution in [0, 0.1) is 13.8 Å². The Morgan fingerprint density at radius 2 is 2.07 bits per heavy atom. The molecule has 76 valence electrons. The van der Waals surface area contributed by atoms with Gasteiger partial charge in [-0.3, -0.25) is 0 Å². The first-order valence-electron chi connectivity index (χ1n) is 4.34. The maximum atomic E-state index is 11.4. The third-order valence-corrected chi connectivity index (χ3v) is 1.71. The van der Waals surface area contributed by atoms with Crippen molar-refractivity contribution in [1.29, 1.82) is 0 Å². The number of aromatic nitrogens is 2. The van der Waals surface area contributed by atoms with E-state index in [9.17, 15) is 4.79 Å². The molecule has 0 saturated carbocycles. The van der Waals surface area contributed by atoms with Gasteiger partial charge in [0.25, 0.3) is 0 Å². The van der Waals surface area contributed by atoms with Crippen molar-refractivity contribution < 1.29 is 9.53 Å². The van der Waals surface area contributed by atoms with Crippen molar-refractivity contribution >= 4 is 11.8 Å². The standard InChI is InChI=1S/C9H13N3O2/c1-4-14-9(13)7-5(2)11-6(3)12-8(7)10/h4H2,1-3H3,(H2,10,11,12). The van der Waals surface area contributed by atoms with E-state index in [1.807, 2.05) is 0 Å². The van der Waals surface area contributed by atoms with Gasteiger partial charge in [0.2, 0.25) is 0 Å². The molecule has 0 aliphatic heterocycles. The highest BCUT2D eigenvalue weighted by Crippen LogP contribution is 2.13. The minimum Gasteiger partial charge on any atom is -0.462 e. The first-order chi connectivity index (χ1) is 6.56. The third-order valence-electron chi connectivity index (χ3n) is 1.71. The molecule has 0 aliphatic carbocycles. The van der Waals surface area contributed by atoms with Crippen molar-refractivity contribution in [2.75, 3.05) is 12.3 Å². The Bertz CT molecular complexity index is 340. The number of aryl methyl sites for hydroxylation is 2. The van der Waals surface area contributed by atoms with Crippen LogP contribution in [-0.2, 0) is 4.74 Å². The molecule has 0 fully saturated rings. The lowest BCUT2D eigenvalue weighted by atomic mass is 10.2. The maximum Gasteiger partial charge on any atom is 0.343 e. The molecule has 2 N–H and O–H groups in total. The Kier molecular flexibility index (Phi) is 3.01. The number of nitrogens with two attached hydrogens (primary N) is 1. The Morgan fingerprint density at radius 1 is 1.43 bits per heavy atom. The largest absolute Gasteiger partial charge is 0.462 e. The average molecular weight is 195 g/mol. The summed E-state index contributed by atoms with van der Waals surface area (Å²) < 4.78 is 4.83. The van der Waals surface area contributed by atoms with Gasteiger partial charge in [0.15, 0.2) is 0 Å². The molecule has 0 saturated heterocycles. The number of carbonyl (C=O) groups is 1. The van der Waals surface area contributed by atoms with E-state index in [-0.39, 0.29) is 11.4 Å². The van der Waals surface area contributed by atoms with Crippen molar-refractivity contribution in [2.45, 2.75) is 20.8 Å². The summed E-state index contributed by atoms with van der Waals surface area (Å²) in [4.78, 5) is 19.4. The van der Waals surface area contributed by atoms with Crippen molar-refractivity contribution in [2.24, 2.45) is 0 Å². The Labute approximate surface area is 82.3 Å². The highest BCUT2D eigenvalue weighted by atomic mass is 16.5. The van der Waals surface area contributed by atoms with Crippen molar-refractivity contribution in [3.8, 4) is 0 Å². The molecule has 0 aromatic carbocycles. The van der Waals surface area contributed by atoms with Gasteiger partial charge >= 0.3 is 5.97 Å². The fourth-order valence-corrected chi connectivity index (χ4v) is 1.19. The maximum absolute atomic E-state index is 11.4. The van der Waals surface area contributed by atoms with Gasteiger partial charge in [-0.05, 0) is 20.8 Å². The molecule has 0 atom stereocenters. The van der Waals surface area contributed by atoms with E-state index >= 15 is 0 Å². The monoisotopic (exact) mass is 195 g/mol. The average Bonchev–Trinajstić information content (AvgIpc) is 2.01. The smallest absolute Gasteiger partial charge is 0.343 e. The quantitative estimate of drug-likeness (QED) is 0.708. The molecule has 14 heavy (non-hydrogen) atoms. The van der Waals surface area contributed by atoms with Gasteiger partial charge in [0.1, 0.15) is 17.2 Å². The van der Waals surface area contributed by atoms with E-state index in [0.29, 0.717) is 18.1 Å². The summed E-state index contributed by atoms with van der Waals surface area (Å²) in [5.74, 6) is 0.254. The van der Waals surface area contributed by atoms with E-state index in [2.05, 4.69) is 9.97 Å². The number of ether oxygens (including phenoxy) is 1. The zero-order valence-corrected chi connectivity index (χ0v) is 8.50. The number of anilines is 1. The van der Waals surface area contributed by atoms with Gasteiger partial charge in [0, 0.05) is 0 Å². The Balaban J connectivity index is 3.14. The molecule has 1 aromatic rings. The molecule has 1 rings (SSSR count). The van der Waals surface area contributed by atoms with E-state index in [4.69, 9.17) is 10.5 Å². The second-order valence-electron chi connectivity index (χ2n) is 2.84. The van der Waals surface area contributed by atoms with Crippen LogP contribution in [0.4, 0.5) is 5.82 Å². The SMILES string of the molecule is CCOC(=O)c1c(C)nc(C)nc1N. The fourth-order valence-electron chi connectivity index (χ4n) is 1.19. The normalized spacial score (nSPS) is 9.93. The molecular weight excluding hydrogens is 182 g/mol. The molecule has 0 aliphatic rings. The van der Waals surface area contributed by atoms with Gasteiger partial charge in [-0.1, -0.05) is 0 Å². The van der Waals surface area contributed by atoms with Crippen LogP contribution < -0.4 is 5.73 Å². The van der Waals surface area contributed by atoms with Gasteiger partial charge in [0.05, 0.1) is 12.3 Å². The van der Waals surface area contributed by atoms with Crippen molar-refractivity contribution in [1.82, 2.24) is 9.97 Å². The minimum atomic E-state index is -0.470. The number of hydrogen-bond acceptors (Lipinski definition) is 5. The van der Waals surface area contributed by atoms with Crippen LogP contribution in [0.5, 0.6) is 0 Å². The van der Waals surface area contributed by atoms with E-state index in [0.717, 1.165) is 0 Å². The molecule has 0 amide bonds. The number of esters is 1. The Morgan fingerprint density at radius 3 is 2.57 bits per heavy atom. The summed E-state index contributed by atoms with van der Waals surface area (Å²) in [6.45, 7) is 5.47. The van der Waals surface area contributed by atoms with Gasteiger partial charge in [-0.25, -0.2) is 14.8 Å².